The number of hydrogen-bond acceptors (Lipinski definition) is 3. The molecule has 0 amide bonds. The maximum absolute atomic E-state index is 10.8. The summed E-state index contributed by atoms with van der Waals surface area (Å²) in [6.07, 6.45) is 1.22. The highest BCUT2D eigenvalue weighted by Gasteiger charge is 2.10. The normalized spacial score (nSPS) is 12.1. The van der Waals surface area contributed by atoms with Crippen molar-refractivity contribution in [2.75, 3.05) is 13.7 Å². The first-order valence-electron chi connectivity index (χ1n) is 5.02. The van der Waals surface area contributed by atoms with Crippen molar-refractivity contribution in [3.63, 3.8) is 0 Å². The molecule has 82 valence electrons. The van der Waals surface area contributed by atoms with Crippen LogP contribution in [-0.4, -0.2) is 20.0 Å². The summed E-state index contributed by atoms with van der Waals surface area (Å²) < 4.78 is 10.5. The van der Waals surface area contributed by atoms with Gasteiger partial charge >= 0.3 is 0 Å². The van der Waals surface area contributed by atoms with Gasteiger partial charge in [-0.1, -0.05) is 19.1 Å². The molecule has 3 nitrogen and oxygen atoms in total. The van der Waals surface area contributed by atoms with Crippen molar-refractivity contribution < 1.29 is 14.3 Å². The third-order valence-corrected chi connectivity index (χ3v) is 2.05. The maximum Gasteiger partial charge on any atom is 0.153 e. The van der Waals surface area contributed by atoms with E-state index < -0.39 is 6.10 Å². The molecule has 0 aliphatic carbocycles. The second-order valence-electron chi connectivity index (χ2n) is 3.20. The zero-order chi connectivity index (χ0) is 11.1. The molecule has 0 radical (unpaired) electrons. The van der Waals surface area contributed by atoms with Crippen LogP contribution in [0.2, 0.25) is 0 Å². The predicted molar refractivity (Wildman–Crippen MR) is 58.0 cm³/mol. The number of benzene rings is 1. The average Bonchev–Trinajstić information content (AvgIpc) is 2.30. The molecule has 0 bridgehead atoms. The molecule has 0 saturated heterocycles. The van der Waals surface area contributed by atoms with Crippen LogP contribution in [0.4, 0.5) is 0 Å². The minimum absolute atomic E-state index is 0.486. The van der Waals surface area contributed by atoms with Crippen LogP contribution in [0.5, 0.6) is 5.75 Å². The van der Waals surface area contributed by atoms with Gasteiger partial charge in [-0.15, -0.1) is 0 Å². The molecule has 0 aromatic heterocycles. The van der Waals surface area contributed by atoms with Gasteiger partial charge in [0.25, 0.3) is 0 Å². The lowest BCUT2D eigenvalue weighted by Crippen LogP contribution is -2.06. The van der Waals surface area contributed by atoms with E-state index >= 15 is 0 Å². The van der Waals surface area contributed by atoms with Gasteiger partial charge in [0.1, 0.15) is 11.9 Å². The third-order valence-electron chi connectivity index (χ3n) is 2.05. The highest BCUT2D eigenvalue weighted by Crippen LogP contribution is 2.20. The first-order chi connectivity index (χ1) is 7.31. The van der Waals surface area contributed by atoms with Gasteiger partial charge in [-0.05, 0) is 24.1 Å². The molecule has 3 heteroatoms. The number of aldehydes is 1. The molecular formula is C12H16O3. The number of carbonyl (C=O) groups is 1. The quantitative estimate of drug-likeness (QED) is 0.673. The minimum atomic E-state index is -0.486. The fourth-order valence-corrected chi connectivity index (χ4v) is 1.28. The monoisotopic (exact) mass is 208 g/mol. The molecule has 0 N–H and O–H groups in total. The van der Waals surface area contributed by atoms with E-state index in [2.05, 4.69) is 0 Å². The highest BCUT2D eigenvalue weighted by molar-refractivity contribution is 5.60. The zero-order valence-corrected chi connectivity index (χ0v) is 9.10. The van der Waals surface area contributed by atoms with Crippen molar-refractivity contribution in [3.05, 3.63) is 29.8 Å². The van der Waals surface area contributed by atoms with E-state index in [0.717, 1.165) is 24.0 Å². The van der Waals surface area contributed by atoms with Gasteiger partial charge in [0.2, 0.25) is 0 Å². The lowest BCUT2D eigenvalue weighted by Gasteiger charge is -2.12. The molecule has 1 aromatic carbocycles. The summed E-state index contributed by atoms with van der Waals surface area (Å²) in [4.78, 5) is 10.8. The van der Waals surface area contributed by atoms with E-state index in [0.29, 0.717) is 6.61 Å². The minimum Gasteiger partial charge on any atom is -0.497 e. The summed E-state index contributed by atoms with van der Waals surface area (Å²) in [5.41, 5.74) is 0.831. The van der Waals surface area contributed by atoms with Gasteiger partial charge in [-0.25, -0.2) is 0 Å². The topological polar surface area (TPSA) is 35.5 Å². The predicted octanol–water partition coefficient (Wildman–Crippen LogP) is 2.36. The Labute approximate surface area is 90.0 Å². The Kier molecular flexibility index (Phi) is 4.84. The van der Waals surface area contributed by atoms with E-state index in [1.807, 2.05) is 31.2 Å². The second-order valence-corrected chi connectivity index (χ2v) is 3.20. The van der Waals surface area contributed by atoms with Crippen LogP contribution in [0.1, 0.15) is 25.0 Å². The van der Waals surface area contributed by atoms with Crippen LogP contribution in [0.3, 0.4) is 0 Å². The molecule has 0 aliphatic rings. The van der Waals surface area contributed by atoms with Crippen LogP contribution in [0.25, 0.3) is 0 Å². The number of methoxy groups -OCH3 is 1. The smallest absolute Gasteiger partial charge is 0.153 e. The third kappa shape index (κ3) is 3.36. The van der Waals surface area contributed by atoms with Crippen LogP contribution < -0.4 is 4.74 Å². The van der Waals surface area contributed by atoms with E-state index in [1.54, 1.807) is 7.11 Å². The van der Waals surface area contributed by atoms with Crippen LogP contribution in [0, 0.1) is 0 Å². The fraction of sp³-hybridized carbons (Fsp3) is 0.417. The standard InChI is InChI=1S/C12H16O3/c1-3-7-15-12(9-13)10-5-4-6-11(8-10)14-2/h4-6,8-9,12H,3,7H2,1-2H3. The average molecular weight is 208 g/mol. The van der Waals surface area contributed by atoms with Crippen LogP contribution >= 0.6 is 0 Å². The summed E-state index contributed by atoms with van der Waals surface area (Å²) in [6.45, 7) is 2.59. The van der Waals surface area contributed by atoms with Crippen molar-refractivity contribution in [1.82, 2.24) is 0 Å². The summed E-state index contributed by atoms with van der Waals surface area (Å²) >= 11 is 0. The van der Waals surface area contributed by atoms with Gasteiger partial charge in [0, 0.05) is 6.61 Å². The molecule has 0 heterocycles. The van der Waals surface area contributed by atoms with Crippen LogP contribution in [-0.2, 0) is 9.53 Å². The first-order valence-corrected chi connectivity index (χ1v) is 5.02. The fourth-order valence-electron chi connectivity index (χ4n) is 1.28. The molecule has 0 spiro atoms. The number of ether oxygens (including phenoxy) is 2. The van der Waals surface area contributed by atoms with E-state index in [1.165, 1.54) is 0 Å². The largest absolute Gasteiger partial charge is 0.497 e. The number of rotatable bonds is 6. The number of carbonyl (C=O) groups excluding carboxylic acids is 1. The lowest BCUT2D eigenvalue weighted by atomic mass is 10.1. The van der Waals surface area contributed by atoms with Gasteiger partial charge < -0.3 is 14.3 Å². The van der Waals surface area contributed by atoms with Crippen LogP contribution in [0.15, 0.2) is 24.3 Å². The Bertz CT molecular complexity index is 309. The van der Waals surface area contributed by atoms with Crippen molar-refractivity contribution in [2.45, 2.75) is 19.4 Å². The maximum atomic E-state index is 10.8. The van der Waals surface area contributed by atoms with Crippen molar-refractivity contribution >= 4 is 6.29 Å². The van der Waals surface area contributed by atoms with E-state index in [-0.39, 0.29) is 0 Å². The molecule has 1 unspecified atom stereocenters. The summed E-state index contributed by atoms with van der Waals surface area (Å²) in [6, 6.07) is 7.36. The molecule has 0 saturated carbocycles. The Balaban J connectivity index is 2.76. The van der Waals surface area contributed by atoms with Gasteiger partial charge in [-0.2, -0.15) is 0 Å². The first kappa shape index (κ1) is 11.7. The molecule has 1 atom stereocenters. The molecule has 15 heavy (non-hydrogen) atoms. The molecular weight excluding hydrogens is 192 g/mol. The van der Waals surface area contributed by atoms with Gasteiger partial charge in [-0.3, -0.25) is 0 Å². The summed E-state index contributed by atoms with van der Waals surface area (Å²) in [5, 5.41) is 0. The lowest BCUT2D eigenvalue weighted by molar-refractivity contribution is -0.118. The zero-order valence-electron chi connectivity index (χ0n) is 9.10. The summed E-state index contributed by atoms with van der Waals surface area (Å²) in [5.74, 6) is 0.736. The molecule has 0 fully saturated rings. The van der Waals surface area contributed by atoms with Crippen molar-refractivity contribution in [3.8, 4) is 5.75 Å². The Morgan fingerprint density at radius 3 is 2.87 bits per heavy atom. The van der Waals surface area contributed by atoms with Gasteiger partial charge in [0.15, 0.2) is 6.29 Å². The Morgan fingerprint density at radius 2 is 2.27 bits per heavy atom. The summed E-state index contributed by atoms with van der Waals surface area (Å²) in [7, 11) is 1.60. The highest BCUT2D eigenvalue weighted by atomic mass is 16.5. The Morgan fingerprint density at radius 1 is 1.47 bits per heavy atom. The number of hydrogen-bond donors (Lipinski definition) is 0. The van der Waals surface area contributed by atoms with Gasteiger partial charge in [0.05, 0.1) is 7.11 Å². The SMILES string of the molecule is CCCOC(C=O)c1cccc(OC)c1. The van der Waals surface area contributed by atoms with E-state index in [4.69, 9.17) is 9.47 Å². The molecule has 1 rings (SSSR count). The Hall–Kier alpha value is -1.35. The second kappa shape index (κ2) is 6.19. The molecule has 1 aromatic rings. The molecule has 0 aliphatic heterocycles. The van der Waals surface area contributed by atoms with Crippen molar-refractivity contribution in [1.29, 1.82) is 0 Å². The van der Waals surface area contributed by atoms with E-state index in [9.17, 15) is 4.79 Å². The van der Waals surface area contributed by atoms with Crippen molar-refractivity contribution in [2.24, 2.45) is 0 Å².